The van der Waals surface area contributed by atoms with Crippen LogP contribution in [0.3, 0.4) is 0 Å². The first-order valence-electron chi connectivity index (χ1n) is 9.61. The molecule has 0 atom stereocenters. The minimum atomic E-state index is -0.424. The minimum absolute atomic E-state index is 0.263. The first-order chi connectivity index (χ1) is 14.5. The van der Waals surface area contributed by atoms with Gasteiger partial charge in [0, 0.05) is 39.6 Å². The van der Waals surface area contributed by atoms with Gasteiger partial charge in [-0.2, -0.15) is 0 Å². The van der Waals surface area contributed by atoms with Gasteiger partial charge >= 0.3 is 6.09 Å². The van der Waals surface area contributed by atoms with Gasteiger partial charge in [0.1, 0.15) is 6.61 Å². The van der Waals surface area contributed by atoms with Crippen molar-refractivity contribution >= 4 is 29.3 Å². The molecule has 162 valence electrons. The van der Waals surface area contributed by atoms with Crippen molar-refractivity contribution in [3.8, 4) is 0 Å². The molecule has 2 heterocycles. The van der Waals surface area contributed by atoms with Gasteiger partial charge in [-0.05, 0) is 25.0 Å². The molecular weight excluding hydrogens is 388 g/mol. The molecule has 1 aromatic heterocycles. The van der Waals surface area contributed by atoms with Crippen LogP contribution in [-0.2, 0) is 9.47 Å². The van der Waals surface area contributed by atoms with Crippen molar-refractivity contribution in [3.05, 3.63) is 42.2 Å². The molecule has 0 radical (unpaired) electrons. The van der Waals surface area contributed by atoms with E-state index in [9.17, 15) is 9.59 Å². The average molecular weight is 416 g/mol. The molecule has 0 aliphatic carbocycles. The molecule has 3 rings (SSSR count). The van der Waals surface area contributed by atoms with Gasteiger partial charge in [-0.1, -0.05) is 12.1 Å². The number of carbonyl (C=O) groups excluding carboxylic acids is 2. The maximum atomic E-state index is 12.1. The van der Waals surface area contributed by atoms with Gasteiger partial charge in [0.05, 0.1) is 23.5 Å². The number of methoxy groups -OCH3 is 1. The number of amides is 2. The molecule has 4 N–H and O–H groups in total. The Morgan fingerprint density at radius 1 is 1.13 bits per heavy atom. The van der Waals surface area contributed by atoms with Crippen molar-refractivity contribution in [3.63, 3.8) is 0 Å². The van der Waals surface area contributed by atoms with E-state index in [1.54, 1.807) is 31.6 Å². The largest absolute Gasteiger partial charge is 0.447 e. The molecule has 1 saturated heterocycles. The zero-order valence-corrected chi connectivity index (χ0v) is 17.3. The number of nitrogens with zero attached hydrogens (tertiary/aromatic N) is 3. The molecule has 1 aliphatic heterocycles. The molecule has 1 aromatic carbocycles. The van der Waals surface area contributed by atoms with Gasteiger partial charge in [0.25, 0.3) is 5.91 Å². The summed E-state index contributed by atoms with van der Waals surface area (Å²) in [5.74, 6) is 0.421. The third kappa shape index (κ3) is 7.21. The van der Waals surface area contributed by atoms with Crippen LogP contribution in [0.1, 0.15) is 23.2 Å². The van der Waals surface area contributed by atoms with E-state index in [2.05, 4.69) is 35.0 Å². The van der Waals surface area contributed by atoms with E-state index in [-0.39, 0.29) is 5.91 Å². The summed E-state index contributed by atoms with van der Waals surface area (Å²) in [5.41, 5.74) is 7.34. The molecule has 10 nitrogen and oxygen atoms in total. The van der Waals surface area contributed by atoms with Crippen LogP contribution in [0.5, 0.6) is 0 Å². The molecule has 10 heteroatoms. The Bertz CT molecular complexity index is 809. The summed E-state index contributed by atoms with van der Waals surface area (Å²) in [6.07, 6.45) is 5.01. The van der Waals surface area contributed by atoms with Gasteiger partial charge in [-0.3, -0.25) is 4.79 Å². The second kappa shape index (κ2) is 12.2. The number of alkyl carbamates (subject to hydrolysis) is 1. The van der Waals surface area contributed by atoms with E-state index in [0.29, 0.717) is 36.1 Å². The van der Waals surface area contributed by atoms with Crippen molar-refractivity contribution in [2.45, 2.75) is 12.8 Å². The zero-order chi connectivity index (χ0) is 21.8. The molecule has 2 amide bonds. The van der Waals surface area contributed by atoms with Crippen LogP contribution in [0.4, 0.5) is 22.1 Å². The highest BCUT2D eigenvalue weighted by Gasteiger charge is 2.15. The molecular formula is C20H28N6O4. The summed E-state index contributed by atoms with van der Waals surface area (Å²) in [4.78, 5) is 33.1. The Balaban J connectivity index is 0.000000303. The lowest BCUT2D eigenvalue weighted by atomic mass is 10.2. The highest BCUT2D eigenvalue weighted by Crippen LogP contribution is 2.18. The van der Waals surface area contributed by atoms with Crippen LogP contribution in [0, 0.1) is 0 Å². The van der Waals surface area contributed by atoms with E-state index < -0.39 is 6.09 Å². The Morgan fingerprint density at radius 2 is 1.80 bits per heavy atom. The summed E-state index contributed by atoms with van der Waals surface area (Å²) in [6, 6.07) is 7.13. The smallest absolute Gasteiger partial charge is 0.406 e. The van der Waals surface area contributed by atoms with Gasteiger partial charge < -0.3 is 30.7 Å². The number of aromatic nitrogens is 2. The lowest BCUT2D eigenvalue weighted by Crippen LogP contribution is -2.21. The summed E-state index contributed by atoms with van der Waals surface area (Å²) < 4.78 is 9.19. The Kier molecular flexibility index (Phi) is 9.32. The van der Waals surface area contributed by atoms with Crippen LogP contribution in [0.15, 0.2) is 36.7 Å². The number of rotatable bonds is 6. The number of para-hydroxylation sites is 2. The molecule has 0 spiro atoms. The number of ether oxygens (including phenoxy) is 2. The summed E-state index contributed by atoms with van der Waals surface area (Å²) in [6.45, 7) is 2.70. The predicted octanol–water partition coefficient (Wildman–Crippen LogP) is 1.90. The molecule has 1 fully saturated rings. The number of anilines is 3. The van der Waals surface area contributed by atoms with Crippen molar-refractivity contribution < 1.29 is 19.1 Å². The summed E-state index contributed by atoms with van der Waals surface area (Å²) in [5, 5.41) is 5.07. The Hall–Kier alpha value is -3.40. The van der Waals surface area contributed by atoms with Crippen LogP contribution in [0.2, 0.25) is 0 Å². The van der Waals surface area contributed by atoms with Crippen molar-refractivity contribution in [2.24, 2.45) is 0 Å². The SMILES string of the molecule is CNC(=O)OCCOC.Nc1ccccc1NC(=O)c1cnc(N2CCCC2)nc1. The lowest BCUT2D eigenvalue weighted by molar-refractivity contribution is 0.0997. The molecule has 0 bridgehead atoms. The van der Waals surface area contributed by atoms with Crippen molar-refractivity contribution in [1.29, 1.82) is 0 Å². The van der Waals surface area contributed by atoms with E-state index in [1.807, 2.05) is 12.1 Å². The lowest BCUT2D eigenvalue weighted by Gasteiger charge is -2.14. The standard InChI is InChI=1S/C15H17N5O.C5H11NO3/c16-12-5-1-2-6-13(12)19-14(21)11-9-17-15(18-10-11)20-7-3-4-8-20;1-6-5(7)9-4-3-8-2/h1-2,5-6,9-10H,3-4,7-8,16H2,(H,19,21);3-4H2,1-2H3,(H,6,7). The van der Waals surface area contributed by atoms with E-state index in [0.717, 1.165) is 13.1 Å². The second-order valence-electron chi connectivity index (χ2n) is 6.39. The van der Waals surface area contributed by atoms with E-state index in [1.165, 1.54) is 19.9 Å². The van der Waals surface area contributed by atoms with Crippen LogP contribution in [0.25, 0.3) is 0 Å². The first kappa shape index (κ1) is 22.9. The molecule has 30 heavy (non-hydrogen) atoms. The first-order valence-corrected chi connectivity index (χ1v) is 9.61. The third-order valence-electron chi connectivity index (χ3n) is 4.22. The predicted molar refractivity (Wildman–Crippen MR) is 115 cm³/mol. The number of hydrogen-bond donors (Lipinski definition) is 3. The van der Waals surface area contributed by atoms with Crippen molar-refractivity contribution in [1.82, 2.24) is 15.3 Å². The average Bonchev–Trinajstić information content (AvgIpc) is 3.31. The van der Waals surface area contributed by atoms with E-state index in [4.69, 9.17) is 5.73 Å². The third-order valence-corrected chi connectivity index (χ3v) is 4.22. The second-order valence-corrected chi connectivity index (χ2v) is 6.39. The highest BCUT2D eigenvalue weighted by atomic mass is 16.6. The number of benzene rings is 1. The summed E-state index contributed by atoms with van der Waals surface area (Å²) >= 11 is 0. The molecule has 0 saturated carbocycles. The fourth-order valence-corrected chi connectivity index (χ4v) is 2.61. The number of nitrogens with two attached hydrogens (primary N) is 1. The van der Waals surface area contributed by atoms with Gasteiger partial charge in [-0.25, -0.2) is 14.8 Å². The maximum absolute atomic E-state index is 12.1. The number of hydrogen-bond acceptors (Lipinski definition) is 8. The Labute approximate surface area is 175 Å². The molecule has 0 unspecified atom stereocenters. The van der Waals surface area contributed by atoms with E-state index >= 15 is 0 Å². The van der Waals surface area contributed by atoms with Gasteiger partial charge in [0.2, 0.25) is 5.95 Å². The zero-order valence-electron chi connectivity index (χ0n) is 17.3. The van der Waals surface area contributed by atoms with Gasteiger partial charge in [0.15, 0.2) is 0 Å². The summed E-state index contributed by atoms with van der Waals surface area (Å²) in [7, 11) is 3.06. The fraction of sp³-hybridized carbons (Fsp3) is 0.400. The van der Waals surface area contributed by atoms with Crippen LogP contribution in [-0.4, -0.2) is 62.4 Å². The quantitative estimate of drug-likeness (QED) is 0.481. The van der Waals surface area contributed by atoms with Crippen LogP contribution >= 0.6 is 0 Å². The van der Waals surface area contributed by atoms with Crippen molar-refractivity contribution in [2.75, 3.05) is 56.4 Å². The number of nitrogens with one attached hydrogen (secondary N) is 2. The molecule has 1 aliphatic rings. The van der Waals surface area contributed by atoms with Gasteiger partial charge in [-0.15, -0.1) is 0 Å². The normalized spacial score (nSPS) is 12.5. The highest BCUT2D eigenvalue weighted by molar-refractivity contribution is 6.05. The topological polar surface area (TPSA) is 132 Å². The van der Waals surface area contributed by atoms with Crippen LogP contribution < -0.4 is 21.3 Å². The maximum Gasteiger partial charge on any atom is 0.406 e. The molecule has 2 aromatic rings. The minimum Gasteiger partial charge on any atom is -0.447 e. The Morgan fingerprint density at radius 3 is 2.40 bits per heavy atom. The monoisotopic (exact) mass is 416 g/mol. The fourth-order valence-electron chi connectivity index (χ4n) is 2.61. The number of carbonyl (C=O) groups is 2. The number of nitrogen functional groups attached to an aromatic ring is 1.